The van der Waals surface area contributed by atoms with Gasteiger partial charge in [-0.25, -0.2) is 0 Å². The monoisotopic (exact) mass is 154 g/mol. The third-order valence-corrected chi connectivity index (χ3v) is 1.70. The van der Waals surface area contributed by atoms with Crippen molar-refractivity contribution in [1.82, 2.24) is 0 Å². The molecule has 1 nitrogen and oxygen atoms in total. The Labute approximate surface area is 66.1 Å². The van der Waals surface area contributed by atoms with Crippen molar-refractivity contribution in [2.45, 2.75) is 6.10 Å². The average Bonchev–Trinajstić information content (AvgIpc) is 2.05. The third kappa shape index (κ3) is 1.75. The van der Waals surface area contributed by atoms with Crippen LogP contribution in [0.5, 0.6) is 0 Å². The largest absolute Gasteiger partial charge is 0.388 e. The van der Waals surface area contributed by atoms with Crippen molar-refractivity contribution in [2.75, 3.05) is 5.75 Å². The third-order valence-electron chi connectivity index (χ3n) is 1.36. The fourth-order valence-electron chi connectivity index (χ4n) is 0.781. The van der Waals surface area contributed by atoms with E-state index >= 15 is 0 Å². The molecular formula is C8H10OS. The van der Waals surface area contributed by atoms with Crippen LogP contribution >= 0.6 is 12.6 Å². The predicted molar refractivity (Wildman–Crippen MR) is 45.3 cm³/mol. The zero-order chi connectivity index (χ0) is 7.40. The maximum atomic E-state index is 9.25. The summed E-state index contributed by atoms with van der Waals surface area (Å²) in [5, 5.41) is 9.25. The van der Waals surface area contributed by atoms with Crippen LogP contribution in [0.2, 0.25) is 0 Å². The number of aliphatic hydroxyl groups excluding tert-OH is 1. The molecule has 1 aromatic carbocycles. The Morgan fingerprint density at radius 1 is 1.30 bits per heavy atom. The molecule has 1 atom stereocenters. The molecule has 0 aliphatic rings. The average molecular weight is 154 g/mol. The van der Waals surface area contributed by atoms with Crippen molar-refractivity contribution in [1.29, 1.82) is 0 Å². The smallest absolute Gasteiger partial charge is 0.0877 e. The molecule has 54 valence electrons. The van der Waals surface area contributed by atoms with Gasteiger partial charge in [0.2, 0.25) is 0 Å². The molecule has 0 aliphatic carbocycles. The zero-order valence-corrected chi connectivity index (χ0v) is 6.46. The van der Waals surface area contributed by atoms with Crippen LogP contribution in [0.3, 0.4) is 0 Å². The quantitative estimate of drug-likeness (QED) is 0.621. The van der Waals surface area contributed by atoms with Crippen molar-refractivity contribution in [3.63, 3.8) is 0 Å². The van der Waals surface area contributed by atoms with Crippen LogP contribution in [0.25, 0.3) is 0 Å². The maximum absolute atomic E-state index is 9.25. The Bertz CT molecular complexity index is 186. The number of rotatable bonds is 2. The number of thiol groups is 1. The lowest BCUT2D eigenvalue weighted by Gasteiger charge is -2.05. The Hall–Kier alpha value is -0.470. The lowest BCUT2D eigenvalue weighted by molar-refractivity contribution is 0.204. The van der Waals surface area contributed by atoms with Crippen molar-refractivity contribution in [3.05, 3.63) is 35.9 Å². The highest BCUT2D eigenvalue weighted by Gasteiger charge is 2.01. The molecule has 0 amide bonds. The van der Waals surface area contributed by atoms with E-state index in [1.807, 2.05) is 30.3 Å². The van der Waals surface area contributed by atoms with Gasteiger partial charge in [0.25, 0.3) is 0 Å². The summed E-state index contributed by atoms with van der Waals surface area (Å²) in [6.45, 7) is 0. The molecule has 0 bridgehead atoms. The van der Waals surface area contributed by atoms with Crippen molar-refractivity contribution >= 4 is 12.6 Å². The van der Waals surface area contributed by atoms with Gasteiger partial charge in [0, 0.05) is 5.75 Å². The second kappa shape index (κ2) is 3.64. The van der Waals surface area contributed by atoms with Crippen LogP contribution in [-0.4, -0.2) is 10.9 Å². The minimum atomic E-state index is -0.426. The van der Waals surface area contributed by atoms with E-state index in [1.165, 1.54) is 0 Å². The number of hydrogen-bond donors (Lipinski definition) is 2. The van der Waals surface area contributed by atoms with Gasteiger partial charge in [-0.3, -0.25) is 0 Å². The molecule has 1 N–H and O–H groups in total. The van der Waals surface area contributed by atoms with Gasteiger partial charge in [0.15, 0.2) is 0 Å². The molecule has 0 radical (unpaired) electrons. The van der Waals surface area contributed by atoms with E-state index in [4.69, 9.17) is 0 Å². The molecule has 0 spiro atoms. The first kappa shape index (κ1) is 7.63. The molecular weight excluding hydrogens is 144 g/mol. The normalized spacial score (nSPS) is 13.0. The van der Waals surface area contributed by atoms with Gasteiger partial charge in [0.05, 0.1) is 6.10 Å². The Balaban J connectivity index is 2.75. The van der Waals surface area contributed by atoms with Crippen molar-refractivity contribution < 1.29 is 5.11 Å². The molecule has 0 saturated heterocycles. The standard InChI is InChI=1S/C8H10OS/c9-8(6-10)7-4-2-1-3-5-7/h1-5,8-10H,6H2. The van der Waals surface area contributed by atoms with Gasteiger partial charge in [-0.2, -0.15) is 12.6 Å². The van der Waals surface area contributed by atoms with Crippen molar-refractivity contribution in [3.8, 4) is 0 Å². The summed E-state index contributed by atoms with van der Waals surface area (Å²) >= 11 is 3.98. The summed E-state index contributed by atoms with van der Waals surface area (Å²) in [5.41, 5.74) is 0.928. The van der Waals surface area contributed by atoms with E-state index in [-0.39, 0.29) is 0 Å². The van der Waals surface area contributed by atoms with Crippen LogP contribution in [0.15, 0.2) is 30.3 Å². The summed E-state index contributed by atoms with van der Waals surface area (Å²) in [4.78, 5) is 0. The van der Waals surface area contributed by atoms with E-state index in [1.54, 1.807) is 0 Å². The Kier molecular flexibility index (Phi) is 2.78. The summed E-state index contributed by atoms with van der Waals surface area (Å²) in [5.74, 6) is 0.476. The summed E-state index contributed by atoms with van der Waals surface area (Å²) in [7, 11) is 0. The summed E-state index contributed by atoms with van der Waals surface area (Å²) in [6.07, 6.45) is -0.426. The first-order valence-corrected chi connectivity index (χ1v) is 3.81. The molecule has 0 saturated carbocycles. The fourth-order valence-corrected chi connectivity index (χ4v) is 0.991. The minimum Gasteiger partial charge on any atom is -0.388 e. The van der Waals surface area contributed by atoms with Crippen LogP contribution in [-0.2, 0) is 0 Å². The lowest BCUT2D eigenvalue weighted by Crippen LogP contribution is -1.97. The SMILES string of the molecule is OC(CS)c1ccccc1. The van der Waals surface area contributed by atoms with E-state index < -0.39 is 6.10 Å². The first-order chi connectivity index (χ1) is 4.84. The lowest BCUT2D eigenvalue weighted by atomic mass is 10.1. The van der Waals surface area contributed by atoms with Gasteiger partial charge in [-0.05, 0) is 5.56 Å². The summed E-state index contributed by atoms with van der Waals surface area (Å²) < 4.78 is 0. The van der Waals surface area contributed by atoms with Gasteiger partial charge >= 0.3 is 0 Å². The van der Waals surface area contributed by atoms with Gasteiger partial charge < -0.3 is 5.11 Å². The first-order valence-electron chi connectivity index (χ1n) is 3.18. The Morgan fingerprint density at radius 3 is 2.40 bits per heavy atom. The van der Waals surface area contributed by atoms with Gasteiger partial charge in [-0.15, -0.1) is 0 Å². The molecule has 1 rings (SSSR count). The molecule has 10 heavy (non-hydrogen) atoms. The molecule has 0 heterocycles. The second-order valence-corrected chi connectivity index (χ2v) is 2.47. The number of aliphatic hydroxyl groups is 1. The molecule has 2 heteroatoms. The highest BCUT2D eigenvalue weighted by atomic mass is 32.1. The molecule has 0 aromatic heterocycles. The van der Waals surface area contributed by atoms with E-state index in [9.17, 15) is 5.11 Å². The molecule has 1 unspecified atom stereocenters. The highest BCUT2D eigenvalue weighted by Crippen LogP contribution is 2.12. The highest BCUT2D eigenvalue weighted by molar-refractivity contribution is 7.80. The molecule has 0 aliphatic heterocycles. The summed E-state index contributed by atoms with van der Waals surface area (Å²) in [6, 6.07) is 9.51. The predicted octanol–water partition coefficient (Wildman–Crippen LogP) is 1.65. The number of benzene rings is 1. The van der Waals surface area contributed by atoms with Crippen LogP contribution in [0, 0.1) is 0 Å². The topological polar surface area (TPSA) is 20.2 Å². The van der Waals surface area contributed by atoms with Crippen LogP contribution in [0.1, 0.15) is 11.7 Å². The van der Waals surface area contributed by atoms with Gasteiger partial charge in [-0.1, -0.05) is 30.3 Å². The molecule has 1 aromatic rings. The number of hydrogen-bond acceptors (Lipinski definition) is 2. The van der Waals surface area contributed by atoms with E-state index in [0.29, 0.717) is 5.75 Å². The van der Waals surface area contributed by atoms with E-state index in [2.05, 4.69) is 12.6 Å². The molecule has 0 fully saturated rings. The van der Waals surface area contributed by atoms with Crippen molar-refractivity contribution in [2.24, 2.45) is 0 Å². The maximum Gasteiger partial charge on any atom is 0.0877 e. The van der Waals surface area contributed by atoms with Gasteiger partial charge in [0.1, 0.15) is 0 Å². The van der Waals surface area contributed by atoms with Crippen LogP contribution < -0.4 is 0 Å². The fraction of sp³-hybridized carbons (Fsp3) is 0.250. The zero-order valence-electron chi connectivity index (χ0n) is 5.57. The van der Waals surface area contributed by atoms with E-state index in [0.717, 1.165) is 5.56 Å². The minimum absolute atomic E-state index is 0.426. The second-order valence-electron chi connectivity index (χ2n) is 2.11. The Morgan fingerprint density at radius 2 is 1.90 bits per heavy atom. The van der Waals surface area contributed by atoms with Crippen LogP contribution in [0.4, 0.5) is 0 Å².